The number of aryl methyl sites for hydroxylation is 2. The van der Waals surface area contributed by atoms with Crippen molar-refractivity contribution in [2.24, 2.45) is 0 Å². The second-order valence-corrected chi connectivity index (χ2v) is 8.17. The highest BCUT2D eigenvalue weighted by Gasteiger charge is 2.33. The Morgan fingerprint density at radius 3 is 2.58 bits per heavy atom. The van der Waals surface area contributed by atoms with Crippen LogP contribution >= 0.6 is 0 Å². The smallest absolute Gasteiger partial charge is 0.416 e. The molecule has 0 radical (unpaired) electrons. The number of H-pyrrole nitrogens is 1. The van der Waals surface area contributed by atoms with Crippen LogP contribution in [0.3, 0.4) is 0 Å². The van der Waals surface area contributed by atoms with Gasteiger partial charge in [-0.05, 0) is 55.5 Å². The van der Waals surface area contributed by atoms with E-state index in [0.29, 0.717) is 17.9 Å². The molecule has 11 nitrogen and oxygen atoms in total. The fourth-order valence-corrected chi connectivity index (χ4v) is 3.51. The number of unbranched alkanes of at least 4 members (excludes halogenated alkanes) is 1. The van der Waals surface area contributed by atoms with Gasteiger partial charge in [0.25, 0.3) is 11.6 Å². The van der Waals surface area contributed by atoms with Gasteiger partial charge in [-0.15, -0.1) is 5.10 Å². The van der Waals surface area contributed by atoms with Gasteiger partial charge in [0.05, 0.1) is 16.2 Å². The van der Waals surface area contributed by atoms with Crippen molar-refractivity contribution in [1.29, 1.82) is 0 Å². The van der Waals surface area contributed by atoms with Gasteiger partial charge in [-0.2, -0.15) is 13.2 Å². The van der Waals surface area contributed by atoms with Crippen LogP contribution in [-0.4, -0.2) is 31.2 Å². The molecule has 0 bridgehead atoms. The maximum absolute atomic E-state index is 12.9. The quantitative estimate of drug-likeness (QED) is 0.154. The number of halogens is 3. The summed E-state index contributed by atoms with van der Waals surface area (Å²) in [6.07, 6.45) is 1.75. The fraction of sp³-hybridized carbons (Fsp3) is 0.250. The number of carbonyl (C=O) groups excluding carboxylic acids is 1. The summed E-state index contributed by atoms with van der Waals surface area (Å²) < 4.78 is 49.4. The van der Waals surface area contributed by atoms with E-state index in [2.05, 4.69) is 25.7 Å². The molecule has 4 aromatic rings. The summed E-state index contributed by atoms with van der Waals surface area (Å²) in [5.74, 6) is -0.273. The van der Waals surface area contributed by atoms with Gasteiger partial charge >= 0.3 is 6.18 Å². The Balaban J connectivity index is 1.28. The number of anilines is 1. The zero-order chi connectivity index (χ0) is 27.1. The molecule has 0 fully saturated rings. The first kappa shape index (κ1) is 26.3. The topological polar surface area (TPSA) is 149 Å². The predicted octanol–water partition coefficient (Wildman–Crippen LogP) is 5.12. The van der Waals surface area contributed by atoms with E-state index < -0.39 is 33.9 Å². The number of amides is 1. The number of ether oxygens (including phenoxy) is 1. The molecule has 2 aromatic carbocycles. The van der Waals surface area contributed by atoms with Gasteiger partial charge in [0.15, 0.2) is 12.3 Å². The first-order valence-electron chi connectivity index (χ1n) is 11.4. The molecule has 2 N–H and O–H groups in total. The van der Waals surface area contributed by atoms with E-state index in [4.69, 9.17) is 9.15 Å². The van der Waals surface area contributed by atoms with E-state index in [-0.39, 0.29) is 18.2 Å². The molecule has 0 aliphatic carbocycles. The first-order valence-corrected chi connectivity index (χ1v) is 11.4. The minimum Gasteiger partial charge on any atom is -0.484 e. The maximum Gasteiger partial charge on any atom is 0.416 e. The number of hydrogen-bond donors (Lipinski definition) is 2. The number of alkyl halides is 3. The molecule has 0 aliphatic heterocycles. The molecule has 198 valence electrons. The highest BCUT2D eigenvalue weighted by Crippen LogP contribution is 2.35. The van der Waals surface area contributed by atoms with Crippen LogP contribution in [-0.2, 0) is 25.6 Å². The highest BCUT2D eigenvalue weighted by molar-refractivity contribution is 6.03. The van der Waals surface area contributed by atoms with Gasteiger partial charge in [0, 0.05) is 12.3 Å². The average Bonchev–Trinajstić information content (AvgIpc) is 3.58. The van der Waals surface area contributed by atoms with Crippen molar-refractivity contribution >= 4 is 17.3 Å². The number of nitrogens with zero attached hydrogens (tertiary/aromatic N) is 4. The van der Waals surface area contributed by atoms with Crippen molar-refractivity contribution in [3.63, 3.8) is 0 Å². The van der Waals surface area contributed by atoms with Crippen LogP contribution in [0.5, 0.6) is 5.75 Å². The largest absolute Gasteiger partial charge is 0.484 e. The van der Waals surface area contributed by atoms with Crippen molar-refractivity contribution in [2.45, 2.75) is 38.5 Å². The van der Waals surface area contributed by atoms with Crippen LogP contribution in [0.4, 0.5) is 24.5 Å². The molecular weight excluding hydrogens is 509 g/mol. The third-order valence-electron chi connectivity index (χ3n) is 5.46. The second kappa shape index (κ2) is 11.5. The average molecular weight is 530 g/mol. The molecule has 4 rings (SSSR count). The second-order valence-electron chi connectivity index (χ2n) is 8.17. The summed E-state index contributed by atoms with van der Waals surface area (Å²) >= 11 is 0. The number of carbonyl (C=O) groups is 1. The highest BCUT2D eigenvalue weighted by atomic mass is 19.4. The Morgan fingerprint density at radius 2 is 1.89 bits per heavy atom. The van der Waals surface area contributed by atoms with Gasteiger partial charge in [-0.25, -0.2) is 4.98 Å². The van der Waals surface area contributed by atoms with E-state index in [1.165, 1.54) is 0 Å². The molecule has 0 atom stereocenters. The number of aromatic amines is 1. The fourth-order valence-electron chi connectivity index (χ4n) is 3.51. The molecule has 0 unspecified atom stereocenters. The van der Waals surface area contributed by atoms with Crippen molar-refractivity contribution in [3.05, 3.63) is 93.4 Å². The van der Waals surface area contributed by atoms with Gasteiger partial charge < -0.3 is 14.5 Å². The lowest BCUT2D eigenvalue weighted by atomic mass is 10.1. The van der Waals surface area contributed by atoms with Crippen LogP contribution in [0, 0.1) is 10.1 Å². The molecule has 0 aliphatic rings. The zero-order valence-corrected chi connectivity index (χ0v) is 19.7. The molecule has 1 amide bonds. The van der Waals surface area contributed by atoms with Gasteiger partial charge in [0.1, 0.15) is 17.7 Å². The van der Waals surface area contributed by atoms with Gasteiger partial charge in [-0.1, -0.05) is 17.3 Å². The summed E-state index contributed by atoms with van der Waals surface area (Å²) in [6, 6.07) is 9.27. The Labute approximate surface area is 213 Å². The maximum atomic E-state index is 12.9. The number of benzene rings is 2. The predicted molar refractivity (Wildman–Crippen MR) is 126 cm³/mol. The summed E-state index contributed by atoms with van der Waals surface area (Å²) in [5.41, 5.74) is -0.671. The molecule has 0 spiro atoms. The van der Waals surface area contributed by atoms with E-state index in [9.17, 15) is 28.1 Å². The van der Waals surface area contributed by atoms with Gasteiger partial charge in [-0.3, -0.25) is 20.0 Å². The standard InChI is InChI=1S/C24H21F3N6O5/c25-24(26,27)16-7-10-19(21(11-16)33(35)36)30-23(34)20-13-38-22(29-20)14-37-18-8-5-15(6-9-18)3-1-2-4-17-12-28-32-31-17/h5-13H,1-4,14H2,(H,30,34)(H,28,31,32). The lowest BCUT2D eigenvalue weighted by Crippen LogP contribution is -2.14. The summed E-state index contributed by atoms with van der Waals surface area (Å²) in [5, 5.41) is 23.7. The Hall–Kier alpha value is -4.75. The number of nitro benzene ring substituents is 1. The number of hydrogen-bond acceptors (Lipinski definition) is 8. The van der Waals surface area contributed by atoms with E-state index >= 15 is 0 Å². The summed E-state index contributed by atoms with van der Waals surface area (Å²) in [6.45, 7) is -0.0925. The minimum atomic E-state index is -4.77. The number of nitro groups is 1. The van der Waals surface area contributed by atoms with Crippen LogP contribution in [0.15, 0.2) is 59.3 Å². The van der Waals surface area contributed by atoms with E-state index in [1.54, 1.807) is 18.3 Å². The molecule has 2 aromatic heterocycles. The number of oxazole rings is 1. The zero-order valence-electron chi connectivity index (χ0n) is 19.7. The van der Waals surface area contributed by atoms with Crippen molar-refractivity contribution < 1.29 is 32.0 Å². The van der Waals surface area contributed by atoms with E-state index in [0.717, 1.165) is 49.3 Å². The SMILES string of the molecule is O=C(Nc1ccc(C(F)(F)F)cc1[N+](=O)[O-])c1coc(COc2ccc(CCCCc3c[nH]nn3)cc2)n1. The lowest BCUT2D eigenvalue weighted by molar-refractivity contribution is -0.384. The van der Waals surface area contributed by atoms with E-state index in [1.807, 2.05) is 12.1 Å². The first-order chi connectivity index (χ1) is 18.2. The normalized spacial score (nSPS) is 11.3. The van der Waals surface area contributed by atoms with Crippen LogP contribution < -0.4 is 10.1 Å². The number of rotatable bonds is 11. The molecule has 38 heavy (non-hydrogen) atoms. The number of aromatic nitrogens is 4. The van der Waals surface area contributed by atoms with Crippen molar-refractivity contribution in [2.75, 3.05) is 5.32 Å². The van der Waals surface area contributed by atoms with Gasteiger partial charge in [0.2, 0.25) is 5.89 Å². The summed E-state index contributed by atoms with van der Waals surface area (Å²) in [7, 11) is 0. The Morgan fingerprint density at radius 1 is 1.13 bits per heavy atom. The van der Waals surface area contributed by atoms with Crippen LogP contribution in [0.1, 0.15) is 46.0 Å². The summed E-state index contributed by atoms with van der Waals surface area (Å²) in [4.78, 5) is 26.6. The van der Waals surface area contributed by atoms with Crippen molar-refractivity contribution in [3.8, 4) is 5.75 Å². The Kier molecular flexibility index (Phi) is 7.99. The molecular formula is C24H21F3N6O5. The molecule has 0 saturated carbocycles. The number of nitrogens with one attached hydrogen (secondary N) is 2. The third-order valence-corrected chi connectivity index (χ3v) is 5.46. The lowest BCUT2D eigenvalue weighted by Gasteiger charge is -2.09. The van der Waals surface area contributed by atoms with Crippen LogP contribution in [0.25, 0.3) is 0 Å². The van der Waals surface area contributed by atoms with Crippen LogP contribution in [0.2, 0.25) is 0 Å². The third kappa shape index (κ3) is 6.93. The minimum absolute atomic E-state index is 0.0639. The molecule has 14 heteroatoms. The Bertz CT molecular complexity index is 1390. The van der Waals surface area contributed by atoms with Crippen molar-refractivity contribution in [1.82, 2.24) is 20.4 Å². The molecule has 0 saturated heterocycles. The molecule has 2 heterocycles. The monoisotopic (exact) mass is 530 g/mol.